The molecule has 2 amide bonds. The molecule has 31 heavy (non-hydrogen) atoms. The van der Waals surface area contributed by atoms with Crippen molar-refractivity contribution in [3.05, 3.63) is 51.1 Å². The third-order valence-electron chi connectivity index (χ3n) is 4.40. The van der Waals surface area contributed by atoms with E-state index in [9.17, 15) is 24.5 Å². The fourth-order valence-electron chi connectivity index (χ4n) is 2.88. The first-order chi connectivity index (χ1) is 14.8. The number of hydrogen-bond donors (Lipinski definition) is 0. The van der Waals surface area contributed by atoms with Crippen LogP contribution in [0.1, 0.15) is 19.6 Å². The molecule has 11 heteroatoms. The van der Waals surface area contributed by atoms with Gasteiger partial charge < -0.3 is 13.9 Å². The SMILES string of the molecule is CCOC(=O)C(C)N1C(=O)SC(=Cc2ccc(-c3ccc([N+](=O)[O-])cc3OC)o2)C1=O. The molecule has 2 heterocycles. The predicted octanol–water partition coefficient (Wildman–Crippen LogP) is 3.85. The highest BCUT2D eigenvalue weighted by Gasteiger charge is 2.41. The van der Waals surface area contributed by atoms with Gasteiger partial charge in [-0.25, -0.2) is 4.79 Å². The van der Waals surface area contributed by atoms with E-state index in [1.165, 1.54) is 38.3 Å². The van der Waals surface area contributed by atoms with Crippen molar-refractivity contribution in [2.75, 3.05) is 13.7 Å². The van der Waals surface area contributed by atoms with Crippen LogP contribution in [-0.2, 0) is 14.3 Å². The number of hydrogen-bond acceptors (Lipinski definition) is 9. The predicted molar refractivity (Wildman–Crippen MR) is 111 cm³/mol. The Kier molecular flexibility index (Phi) is 6.44. The van der Waals surface area contributed by atoms with E-state index in [4.69, 9.17) is 13.9 Å². The molecule has 10 nitrogen and oxygen atoms in total. The molecule has 2 aromatic rings. The standard InChI is InChI=1S/C20H18N2O8S/c1-4-29-19(24)11(2)21-18(23)17(31-20(21)25)10-13-6-8-15(30-13)14-7-5-12(22(26)27)9-16(14)28-3/h5-11H,4H2,1-3H3. The maximum absolute atomic E-state index is 12.6. The zero-order valence-corrected chi connectivity index (χ0v) is 17.6. The molecule has 162 valence electrons. The zero-order chi connectivity index (χ0) is 22.7. The highest BCUT2D eigenvalue weighted by molar-refractivity contribution is 8.18. The molecule has 1 aliphatic heterocycles. The molecule has 0 aliphatic carbocycles. The highest BCUT2D eigenvalue weighted by atomic mass is 32.2. The minimum absolute atomic E-state index is 0.0951. The molecule has 1 saturated heterocycles. The van der Waals surface area contributed by atoms with Crippen LogP contribution in [0.3, 0.4) is 0 Å². The van der Waals surface area contributed by atoms with Gasteiger partial charge in [0.25, 0.3) is 16.8 Å². The maximum atomic E-state index is 12.6. The lowest BCUT2D eigenvalue weighted by Gasteiger charge is -2.19. The fourth-order valence-corrected chi connectivity index (χ4v) is 3.77. The first-order valence-corrected chi connectivity index (χ1v) is 9.94. The van der Waals surface area contributed by atoms with Gasteiger partial charge in [0.15, 0.2) is 0 Å². The summed E-state index contributed by atoms with van der Waals surface area (Å²) in [6, 6.07) is 6.24. The van der Waals surface area contributed by atoms with Crippen LogP contribution in [-0.4, -0.2) is 46.7 Å². The van der Waals surface area contributed by atoms with Crippen LogP contribution in [0.2, 0.25) is 0 Å². The summed E-state index contributed by atoms with van der Waals surface area (Å²) in [5.74, 6) is -0.404. The van der Waals surface area contributed by atoms with Gasteiger partial charge in [-0.05, 0) is 43.8 Å². The van der Waals surface area contributed by atoms with Crippen molar-refractivity contribution in [3.8, 4) is 17.1 Å². The van der Waals surface area contributed by atoms with E-state index < -0.39 is 28.1 Å². The summed E-state index contributed by atoms with van der Waals surface area (Å²) in [4.78, 5) is 48.1. The number of ether oxygens (including phenoxy) is 2. The number of amides is 2. The monoisotopic (exact) mass is 446 g/mol. The first-order valence-electron chi connectivity index (χ1n) is 9.13. The van der Waals surface area contributed by atoms with Crippen LogP contribution in [0, 0.1) is 10.1 Å². The van der Waals surface area contributed by atoms with Crippen molar-refractivity contribution in [1.82, 2.24) is 4.90 Å². The number of thioether (sulfide) groups is 1. The van der Waals surface area contributed by atoms with Crippen LogP contribution < -0.4 is 4.74 Å². The van der Waals surface area contributed by atoms with E-state index in [2.05, 4.69) is 0 Å². The lowest BCUT2D eigenvalue weighted by atomic mass is 10.1. The number of nitro groups is 1. The van der Waals surface area contributed by atoms with E-state index in [1.807, 2.05) is 0 Å². The van der Waals surface area contributed by atoms with Gasteiger partial charge in [0.2, 0.25) is 0 Å². The number of nitrogens with zero attached hydrogens (tertiary/aromatic N) is 2. The van der Waals surface area contributed by atoms with Gasteiger partial charge in [0.05, 0.1) is 35.2 Å². The molecule has 1 unspecified atom stereocenters. The average molecular weight is 446 g/mol. The van der Waals surface area contributed by atoms with Gasteiger partial charge in [0, 0.05) is 12.1 Å². The summed E-state index contributed by atoms with van der Waals surface area (Å²) in [7, 11) is 1.38. The Hall–Kier alpha value is -3.60. The molecule has 1 aromatic carbocycles. The molecule has 1 aliphatic rings. The molecule has 1 aromatic heterocycles. The fraction of sp³-hybridized carbons (Fsp3) is 0.250. The van der Waals surface area contributed by atoms with E-state index in [0.29, 0.717) is 23.1 Å². The number of benzene rings is 1. The van der Waals surface area contributed by atoms with Crippen LogP contribution in [0.4, 0.5) is 10.5 Å². The molecule has 0 radical (unpaired) electrons. The lowest BCUT2D eigenvalue weighted by Crippen LogP contribution is -2.42. The van der Waals surface area contributed by atoms with Crippen molar-refractivity contribution in [2.24, 2.45) is 0 Å². The average Bonchev–Trinajstić information content (AvgIpc) is 3.31. The number of furan rings is 1. The summed E-state index contributed by atoms with van der Waals surface area (Å²) in [5, 5.41) is 10.4. The smallest absolute Gasteiger partial charge is 0.329 e. The normalized spacial score (nSPS) is 16.0. The quantitative estimate of drug-likeness (QED) is 0.269. The number of non-ortho nitro benzene ring substituents is 1. The lowest BCUT2D eigenvalue weighted by molar-refractivity contribution is -0.384. The molecule has 1 atom stereocenters. The summed E-state index contributed by atoms with van der Waals surface area (Å²) >= 11 is 0.689. The van der Waals surface area contributed by atoms with Gasteiger partial charge in [-0.3, -0.25) is 24.6 Å². The Morgan fingerprint density at radius 3 is 2.71 bits per heavy atom. The minimum Gasteiger partial charge on any atom is -0.496 e. The second-order valence-electron chi connectivity index (χ2n) is 6.32. The van der Waals surface area contributed by atoms with Crippen molar-refractivity contribution < 1.29 is 33.2 Å². The van der Waals surface area contributed by atoms with Crippen LogP contribution in [0.25, 0.3) is 17.4 Å². The summed E-state index contributed by atoms with van der Waals surface area (Å²) in [6.07, 6.45) is 1.39. The second-order valence-corrected chi connectivity index (χ2v) is 7.32. The Labute approximate surface area is 180 Å². The summed E-state index contributed by atoms with van der Waals surface area (Å²) in [6.45, 7) is 3.19. The summed E-state index contributed by atoms with van der Waals surface area (Å²) in [5.41, 5.74) is 0.355. The first kappa shape index (κ1) is 22.1. The van der Waals surface area contributed by atoms with Gasteiger partial charge in [0.1, 0.15) is 23.3 Å². The molecular weight excluding hydrogens is 428 g/mol. The molecule has 0 saturated carbocycles. The second kappa shape index (κ2) is 9.04. The number of carbonyl (C=O) groups is 3. The third-order valence-corrected chi connectivity index (χ3v) is 5.28. The Balaban J connectivity index is 1.85. The molecule has 0 N–H and O–H groups in total. The highest BCUT2D eigenvalue weighted by Crippen LogP contribution is 2.37. The van der Waals surface area contributed by atoms with E-state index in [0.717, 1.165) is 4.90 Å². The van der Waals surface area contributed by atoms with Crippen molar-refractivity contribution in [3.63, 3.8) is 0 Å². The number of carbonyl (C=O) groups excluding carboxylic acids is 3. The van der Waals surface area contributed by atoms with Gasteiger partial charge >= 0.3 is 5.97 Å². The molecule has 1 fully saturated rings. The maximum Gasteiger partial charge on any atom is 0.329 e. The number of methoxy groups -OCH3 is 1. The van der Waals surface area contributed by atoms with Gasteiger partial charge in [-0.2, -0.15) is 0 Å². The number of rotatable bonds is 7. The minimum atomic E-state index is -1.05. The topological polar surface area (TPSA) is 129 Å². The molecule has 0 bridgehead atoms. The number of imide groups is 1. The van der Waals surface area contributed by atoms with Crippen LogP contribution in [0.5, 0.6) is 5.75 Å². The van der Waals surface area contributed by atoms with Crippen LogP contribution >= 0.6 is 11.8 Å². The number of nitro benzene ring substituents is 1. The molecule has 0 spiro atoms. The Morgan fingerprint density at radius 2 is 2.06 bits per heavy atom. The van der Waals surface area contributed by atoms with Crippen LogP contribution in [0.15, 0.2) is 39.7 Å². The summed E-state index contributed by atoms with van der Waals surface area (Å²) < 4.78 is 15.8. The van der Waals surface area contributed by atoms with Crippen molar-refractivity contribution >= 4 is 40.6 Å². The van der Waals surface area contributed by atoms with E-state index in [1.54, 1.807) is 19.1 Å². The third kappa shape index (κ3) is 4.45. The molecular formula is C20H18N2O8S. The van der Waals surface area contributed by atoms with E-state index >= 15 is 0 Å². The van der Waals surface area contributed by atoms with E-state index in [-0.39, 0.29) is 28.7 Å². The molecule has 3 rings (SSSR count). The van der Waals surface area contributed by atoms with Gasteiger partial charge in [-0.1, -0.05) is 0 Å². The van der Waals surface area contributed by atoms with Crippen molar-refractivity contribution in [2.45, 2.75) is 19.9 Å². The number of esters is 1. The zero-order valence-electron chi connectivity index (χ0n) is 16.8. The Morgan fingerprint density at radius 1 is 1.32 bits per heavy atom. The largest absolute Gasteiger partial charge is 0.496 e. The van der Waals surface area contributed by atoms with Crippen molar-refractivity contribution in [1.29, 1.82) is 0 Å². The Bertz CT molecular complexity index is 1090. The van der Waals surface area contributed by atoms with Gasteiger partial charge in [-0.15, -0.1) is 0 Å².